The third-order valence-corrected chi connectivity index (χ3v) is 6.03. The molecule has 0 atom stereocenters. The lowest BCUT2D eigenvalue weighted by molar-refractivity contribution is 0.303. The van der Waals surface area contributed by atoms with Crippen molar-refractivity contribution in [2.24, 2.45) is 5.92 Å². The highest BCUT2D eigenvalue weighted by Gasteiger charge is 2.22. The molecule has 1 aliphatic rings. The highest BCUT2D eigenvalue weighted by molar-refractivity contribution is 5.65. The van der Waals surface area contributed by atoms with E-state index in [4.69, 9.17) is 0 Å². The first kappa shape index (κ1) is 19.1. The van der Waals surface area contributed by atoms with Crippen LogP contribution in [-0.4, -0.2) is 0 Å². The van der Waals surface area contributed by atoms with Gasteiger partial charge in [0.25, 0.3) is 0 Å². The zero-order valence-corrected chi connectivity index (χ0v) is 16.0. The topological polar surface area (TPSA) is 0 Å². The molecule has 0 bridgehead atoms. The number of benzene rings is 2. The number of hydrogen-bond acceptors (Lipinski definition) is 0. The molecule has 1 aliphatic carbocycles. The lowest BCUT2D eigenvalue weighted by atomic mass is 9.77. The van der Waals surface area contributed by atoms with Crippen LogP contribution in [0.5, 0.6) is 0 Å². The molecule has 0 amide bonds. The fourth-order valence-electron chi connectivity index (χ4n) is 4.27. The van der Waals surface area contributed by atoms with Gasteiger partial charge in [0.15, 0.2) is 11.6 Å². The van der Waals surface area contributed by atoms with Crippen LogP contribution >= 0.6 is 0 Å². The van der Waals surface area contributed by atoms with Crippen LogP contribution in [0.4, 0.5) is 8.78 Å². The molecule has 26 heavy (non-hydrogen) atoms. The van der Waals surface area contributed by atoms with Gasteiger partial charge in [-0.05, 0) is 61.1 Å². The van der Waals surface area contributed by atoms with E-state index in [9.17, 15) is 8.78 Å². The van der Waals surface area contributed by atoms with E-state index < -0.39 is 11.6 Å². The summed E-state index contributed by atoms with van der Waals surface area (Å²) in [5, 5.41) is 0. The smallest absolute Gasteiger partial charge is 0.166 e. The predicted octanol–water partition coefficient (Wildman–Crippen LogP) is 7.79. The molecule has 140 valence electrons. The molecule has 0 aromatic heterocycles. The number of aryl methyl sites for hydroxylation is 1. The number of rotatable bonds is 6. The number of hydrogen-bond donors (Lipinski definition) is 0. The molecule has 0 nitrogen and oxygen atoms in total. The second-order valence-electron chi connectivity index (χ2n) is 7.89. The van der Waals surface area contributed by atoms with E-state index in [1.165, 1.54) is 56.9 Å². The maximum atomic E-state index is 14.2. The maximum Gasteiger partial charge on any atom is 0.166 e. The van der Waals surface area contributed by atoms with Crippen LogP contribution in [0.3, 0.4) is 0 Å². The molecule has 1 fully saturated rings. The van der Waals surface area contributed by atoms with Crippen molar-refractivity contribution in [2.75, 3.05) is 0 Å². The quantitative estimate of drug-likeness (QED) is 0.463. The average molecular weight is 357 g/mol. The predicted molar refractivity (Wildman–Crippen MR) is 105 cm³/mol. The summed E-state index contributed by atoms with van der Waals surface area (Å²) in [6.07, 6.45) is 10.6. The third-order valence-electron chi connectivity index (χ3n) is 6.03. The zero-order chi connectivity index (χ0) is 18.5. The summed E-state index contributed by atoms with van der Waals surface area (Å²) in [5.74, 6) is 0.0334. The van der Waals surface area contributed by atoms with Crippen LogP contribution in [0.1, 0.15) is 75.3 Å². The van der Waals surface area contributed by atoms with Crippen LogP contribution in [0.15, 0.2) is 36.4 Å². The first-order valence-corrected chi connectivity index (χ1v) is 10.1. The minimum atomic E-state index is -0.745. The van der Waals surface area contributed by atoms with Crippen molar-refractivity contribution in [1.29, 1.82) is 0 Å². The van der Waals surface area contributed by atoms with Gasteiger partial charge >= 0.3 is 0 Å². The Morgan fingerprint density at radius 3 is 2.19 bits per heavy atom. The van der Waals surface area contributed by atoms with Gasteiger partial charge in [-0.2, -0.15) is 0 Å². The second-order valence-corrected chi connectivity index (χ2v) is 7.89. The van der Waals surface area contributed by atoms with Gasteiger partial charge in [-0.3, -0.25) is 0 Å². The van der Waals surface area contributed by atoms with E-state index in [1.807, 2.05) is 12.1 Å². The van der Waals surface area contributed by atoms with Gasteiger partial charge in [0.05, 0.1) is 0 Å². The Hall–Kier alpha value is -1.70. The minimum Gasteiger partial charge on any atom is -0.203 e. The SMILES string of the molecule is CCCCCC1CCC(c2ccc(-c3ccc(C)c(F)c3F)cc2)CC1. The lowest BCUT2D eigenvalue weighted by Crippen LogP contribution is -2.13. The Kier molecular flexibility index (Phi) is 6.45. The molecule has 2 heteroatoms. The van der Waals surface area contributed by atoms with Gasteiger partial charge in [0.2, 0.25) is 0 Å². The van der Waals surface area contributed by atoms with Gasteiger partial charge in [-0.15, -0.1) is 0 Å². The van der Waals surface area contributed by atoms with Gasteiger partial charge in [-0.25, -0.2) is 8.78 Å². The first-order valence-electron chi connectivity index (χ1n) is 10.1. The highest BCUT2D eigenvalue weighted by Crippen LogP contribution is 2.38. The summed E-state index contributed by atoms with van der Waals surface area (Å²) in [6, 6.07) is 11.4. The number of halogens is 2. The largest absolute Gasteiger partial charge is 0.203 e. The molecular formula is C24H30F2. The van der Waals surface area contributed by atoms with Gasteiger partial charge in [-0.1, -0.05) is 69.0 Å². The van der Waals surface area contributed by atoms with Crippen molar-refractivity contribution in [3.05, 3.63) is 59.2 Å². The highest BCUT2D eigenvalue weighted by atomic mass is 19.2. The van der Waals surface area contributed by atoms with Crippen LogP contribution < -0.4 is 0 Å². The molecule has 0 N–H and O–H groups in total. The van der Waals surface area contributed by atoms with E-state index in [0.717, 1.165) is 11.5 Å². The summed E-state index contributed by atoms with van der Waals surface area (Å²) in [5.41, 5.74) is 2.78. The van der Waals surface area contributed by atoms with Crippen LogP contribution in [0.25, 0.3) is 11.1 Å². The summed E-state index contributed by atoms with van der Waals surface area (Å²) in [4.78, 5) is 0. The molecule has 0 unspecified atom stereocenters. The Balaban J connectivity index is 1.63. The van der Waals surface area contributed by atoms with E-state index in [0.29, 0.717) is 17.0 Å². The molecule has 2 aromatic rings. The van der Waals surface area contributed by atoms with Crippen molar-refractivity contribution in [1.82, 2.24) is 0 Å². The second kappa shape index (κ2) is 8.79. The normalized spacial score (nSPS) is 20.3. The maximum absolute atomic E-state index is 14.2. The summed E-state index contributed by atoms with van der Waals surface area (Å²) < 4.78 is 28.0. The summed E-state index contributed by atoms with van der Waals surface area (Å²) >= 11 is 0. The standard InChI is InChI=1S/C24H30F2/c1-3-4-5-6-18-8-10-19(11-9-18)20-12-14-21(15-13-20)22-16-7-17(2)23(25)24(22)26/h7,12-16,18-19H,3-6,8-11H2,1-2H3. The molecule has 0 aliphatic heterocycles. The van der Waals surface area contributed by atoms with Gasteiger partial charge < -0.3 is 0 Å². The monoisotopic (exact) mass is 356 g/mol. The molecule has 0 radical (unpaired) electrons. The third kappa shape index (κ3) is 4.34. The Labute approximate surface area is 156 Å². The summed E-state index contributed by atoms with van der Waals surface area (Å²) in [7, 11) is 0. The van der Waals surface area contributed by atoms with E-state index in [-0.39, 0.29) is 0 Å². The van der Waals surface area contributed by atoms with Crippen LogP contribution in [-0.2, 0) is 0 Å². The Bertz CT molecular complexity index is 710. The van der Waals surface area contributed by atoms with Crippen molar-refractivity contribution in [3.8, 4) is 11.1 Å². The lowest BCUT2D eigenvalue weighted by Gasteiger charge is -2.29. The zero-order valence-electron chi connectivity index (χ0n) is 16.0. The average Bonchev–Trinajstić information content (AvgIpc) is 2.67. The van der Waals surface area contributed by atoms with Crippen molar-refractivity contribution >= 4 is 0 Å². The van der Waals surface area contributed by atoms with Crippen molar-refractivity contribution < 1.29 is 8.78 Å². The molecule has 0 spiro atoms. The number of unbranched alkanes of at least 4 members (excludes halogenated alkanes) is 2. The molecular weight excluding hydrogens is 326 g/mol. The fourth-order valence-corrected chi connectivity index (χ4v) is 4.27. The molecule has 3 rings (SSSR count). The molecule has 0 saturated heterocycles. The van der Waals surface area contributed by atoms with Gasteiger partial charge in [0, 0.05) is 5.56 Å². The van der Waals surface area contributed by atoms with E-state index in [2.05, 4.69) is 19.1 Å². The molecule has 1 saturated carbocycles. The Morgan fingerprint density at radius 2 is 1.54 bits per heavy atom. The van der Waals surface area contributed by atoms with Crippen molar-refractivity contribution in [3.63, 3.8) is 0 Å². The first-order chi connectivity index (χ1) is 12.6. The molecule has 2 aromatic carbocycles. The molecule has 0 heterocycles. The fraction of sp³-hybridized carbons (Fsp3) is 0.500. The van der Waals surface area contributed by atoms with E-state index in [1.54, 1.807) is 19.1 Å². The van der Waals surface area contributed by atoms with Gasteiger partial charge in [0.1, 0.15) is 0 Å². The minimum absolute atomic E-state index is 0.346. The van der Waals surface area contributed by atoms with Crippen molar-refractivity contribution in [2.45, 2.75) is 71.1 Å². The Morgan fingerprint density at radius 1 is 0.846 bits per heavy atom. The van der Waals surface area contributed by atoms with E-state index >= 15 is 0 Å². The van der Waals surface area contributed by atoms with Crippen LogP contribution in [0.2, 0.25) is 0 Å². The summed E-state index contributed by atoms with van der Waals surface area (Å²) in [6.45, 7) is 3.85. The van der Waals surface area contributed by atoms with Crippen LogP contribution in [0, 0.1) is 24.5 Å².